The lowest BCUT2D eigenvalue weighted by molar-refractivity contribution is 0.909. The number of aryl methyl sites for hydroxylation is 1. The summed E-state index contributed by atoms with van der Waals surface area (Å²) in [6.07, 6.45) is 10.4. The fourth-order valence-corrected chi connectivity index (χ4v) is 2.58. The summed E-state index contributed by atoms with van der Waals surface area (Å²) in [5, 5.41) is 7.32. The molecule has 0 spiro atoms. The van der Waals surface area contributed by atoms with E-state index in [1.807, 2.05) is 39.8 Å². The molecule has 0 bridgehead atoms. The Bertz CT molecular complexity index is 967. The first-order chi connectivity index (χ1) is 10.8. The Morgan fingerprint density at radius 3 is 2.82 bits per heavy atom. The van der Waals surface area contributed by atoms with Crippen LogP contribution in [-0.2, 0) is 6.42 Å². The molecule has 0 aromatic carbocycles. The number of imidazole rings is 1. The van der Waals surface area contributed by atoms with Gasteiger partial charge >= 0.3 is 0 Å². The normalized spacial score (nSPS) is 11.4. The van der Waals surface area contributed by atoms with Crippen LogP contribution in [0.15, 0.2) is 37.1 Å². The zero-order valence-electron chi connectivity index (χ0n) is 12.4. The number of hydrogen-bond donors (Lipinski definition) is 1. The third-order valence-electron chi connectivity index (χ3n) is 3.75. The minimum atomic E-state index is 0.589. The Balaban J connectivity index is 1.90. The number of rotatable bonds is 3. The maximum atomic E-state index is 4.44. The van der Waals surface area contributed by atoms with Crippen LogP contribution in [0, 0.1) is 0 Å². The van der Waals surface area contributed by atoms with E-state index >= 15 is 0 Å². The van der Waals surface area contributed by atoms with Gasteiger partial charge in [0.15, 0.2) is 0 Å². The van der Waals surface area contributed by atoms with Gasteiger partial charge in [0, 0.05) is 42.5 Å². The van der Waals surface area contributed by atoms with Gasteiger partial charge in [0.1, 0.15) is 0 Å². The summed E-state index contributed by atoms with van der Waals surface area (Å²) in [4.78, 5) is 13.0. The Labute approximate surface area is 126 Å². The molecule has 0 fully saturated rings. The van der Waals surface area contributed by atoms with Crippen LogP contribution < -0.4 is 5.32 Å². The molecule has 7 heteroatoms. The zero-order chi connectivity index (χ0) is 15.1. The summed E-state index contributed by atoms with van der Waals surface area (Å²) in [7, 11) is 1.80. The van der Waals surface area contributed by atoms with E-state index in [9.17, 15) is 0 Å². The molecule has 1 N–H and O–H groups in total. The molecule has 0 amide bonds. The van der Waals surface area contributed by atoms with E-state index in [4.69, 9.17) is 0 Å². The van der Waals surface area contributed by atoms with Gasteiger partial charge in [0.05, 0.1) is 17.9 Å². The van der Waals surface area contributed by atoms with Crippen LogP contribution in [0.25, 0.3) is 22.4 Å². The standard InChI is InChI=1S/C15H15N7/c1-3-11-7-19-15-18-6-10(9-21(11)15)12-4-5-22-13(12)8-17-14(16-2)20-22/h4-9H,3H2,1-2H3,(H,16,20). The van der Waals surface area contributed by atoms with Gasteiger partial charge < -0.3 is 5.32 Å². The molecule has 22 heavy (non-hydrogen) atoms. The maximum absolute atomic E-state index is 4.44. The van der Waals surface area contributed by atoms with E-state index in [1.165, 1.54) is 0 Å². The van der Waals surface area contributed by atoms with Crippen molar-refractivity contribution >= 4 is 17.2 Å². The minimum absolute atomic E-state index is 0.589. The fraction of sp³-hybridized carbons (Fsp3) is 0.200. The highest BCUT2D eigenvalue weighted by Gasteiger charge is 2.10. The first kappa shape index (κ1) is 12.8. The minimum Gasteiger partial charge on any atom is -0.356 e. The fourth-order valence-electron chi connectivity index (χ4n) is 2.58. The summed E-state index contributed by atoms with van der Waals surface area (Å²) in [5.74, 6) is 1.31. The predicted molar refractivity (Wildman–Crippen MR) is 83.9 cm³/mol. The highest BCUT2D eigenvalue weighted by molar-refractivity contribution is 5.79. The van der Waals surface area contributed by atoms with Gasteiger partial charge in [-0.3, -0.25) is 4.40 Å². The molecular formula is C15H15N7. The number of hydrogen-bond acceptors (Lipinski definition) is 5. The van der Waals surface area contributed by atoms with Crippen molar-refractivity contribution in [2.45, 2.75) is 13.3 Å². The van der Waals surface area contributed by atoms with Crippen molar-refractivity contribution in [2.24, 2.45) is 0 Å². The molecule has 110 valence electrons. The van der Waals surface area contributed by atoms with Crippen LogP contribution in [0.4, 0.5) is 5.95 Å². The maximum Gasteiger partial charge on any atom is 0.240 e. The monoisotopic (exact) mass is 293 g/mol. The lowest BCUT2D eigenvalue weighted by Gasteiger charge is -2.04. The molecule has 7 nitrogen and oxygen atoms in total. The van der Waals surface area contributed by atoms with Gasteiger partial charge in [-0.15, -0.1) is 5.10 Å². The van der Waals surface area contributed by atoms with Gasteiger partial charge in [-0.25, -0.2) is 19.5 Å². The summed E-state index contributed by atoms with van der Waals surface area (Å²) >= 11 is 0. The molecule has 4 aromatic heterocycles. The molecule has 4 rings (SSSR count). The van der Waals surface area contributed by atoms with Crippen LogP contribution in [0.3, 0.4) is 0 Å². The Kier molecular flexibility index (Phi) is 2.78. The molecule has 0 saturated heterocycles. The van der Waals surface area contributed by atoms with Crippen LogP contribution in [-0.4, -0.2) is 36.0 Å². The van der Waals surface area contributed by atoms with E-state index < -0.39 is 0 Å². The van der Waals surface area contributed by atoms with Crippen molar-refractivity contribution in [1.29, 1.82) is 0 Å². The first-order valence-corrected chi connectivity index (χ1v) is 7.14. The molecule has 0 radical (unpaired) electrons. The average molecular weight is 293 g/mol. The van der Waals surface area contributed by atoms with E-state index in [0.29, 0.717) is 5.95 Å². The average Bonchev–Trinajstić information content (AvgIpc) is 3.17. The van der Waals surface area contributed by atoms with Gasteiger partial charge in [-0.05, 0) is 12.5 Å². The molecule has 4 heterocycles. The second kappa shape index (κ2) is 4.80. The zero-order valence-corrected chi connectivity index (χ0v) is 12.4. The number of anilines is 1. The van der Waals surface area contributed by atoms with Crippen LogP contribution in [0.5, 0.6) is 0 Å². The Hall–Kier alpha value is -2.96. The second-order valence-electron chi connectivity index (χ2n) is 5.01. The number of nitrogens with one attached hydrogen (secondary N) is 1. The van der Waals surface area contributed by atoms with E-state index in [2.05, 4.69) is 38.5 Å². The SMILES string of the molecule is CCc1cnc2ncc(-c3ccn4nc(NC)ncc34)cn12. The third kappa shape index (κ3) is 1.82. The van der Waals surface area contributed by atoms with E-state index in [-0.39, 0.29) is 0 Å². The third-order valence-corrected chi connectivity index (χ3v) is 3.75. The number of nitrogens with zero attached hydrogens (tertiary/aromatic N) is 6. The molecule has 0 aliphatic rings. The van der Waals surface area contributed by atoms with Crippen molar-refractivity contribution in [3.63, 3.8) is 0 Å². The highest BCUT2D eigenvalue weighted by Crippen LogP contribution is 2.25. The molecule has 0 saturated carbocycles. The van der Waals surface area contributed by atoms with Gasteiger partial charge in [0.2, 0.25) is 11.7 Å². The molecule has 4 aromatic rings. The van der Waals surface area contributed by atoms with E-state index in [0.717, 1.165) is 34.5 Å². The lowest BCUT2D eigenvalue weighted by atomic mass is 10.1. The predicted octanol–water partition coefficient (Wildman–Crippen LogP) is 2.04. The Morgan fingerprint density at radius 2 is 2.00 bits per heavy atom. The highest BCUT2D eigenvalue weighted by atomic mass is 15.3. The summed E-state index contributed by atoms with van der Waals surface area (Å²) in [6.45, 7) is 2.11. The van der Waals surface area contributed by atoms with Crippen LogP contribution >= 0.6 is 0 Å². The quantitative estimate of drug-likeness (QED) is 0.626. The van der Waals surface area contributed by atoms with Crippen LogP contribution in [0.2, 0.25) is 0 Å². The molecule has 0 atom stereocenters. The summed E-state index contributed by atoms with van der Waals surface area (Å²) in [6, 6.07) is 2.02. The van der Waals surface area contributed by atoms with Crippen molar-refractivity contribution in [2.75, 3.05) is 12.4 Å². The number of aromatic nitrogens is 6. The first-order valence-electron chi connectivity index (χ1n) is 7.14. The van der Waals surface area contributed by atoms with Crippen molar-refractivity contribution in [3.8, 4) is 11.1 Å². The van der Waals surface area contributed by atoms with Crippen LogP contribution in [0.1, 0.15) is 12.6 Å². The Morgan fingerprint density at radius 1 is 1.14 bits per heavy atom. The van der Waals surface area contributed by atoms with Crippen molar-refractivity contribution in [1.82, 2.24) is 29.0 Å². The topological polar surface area (TPSA) is 72.4 Å². The lowest BCUT2D eigenvalue weighted by Crippen LogP contribution is -2.00. The van der Waals surface area contributed by atoms with Crippen molar-refractivity contribution < 1.29 is 0 Å². The van der Waals surface area contributed by atoms with E-state index in [1.54, 1.807) is 7.05 Å². The second-order valence-corrected chi connectivity index (χ2v) is 5.01. The smallest absolute Gasteiger partial charge is 0.240 e. The molecular weight excluding hydrogens is 278 g/mol. The molecule has 0 unspecified atom stereocenters. The van der Waals surface area contributed by atoms with Crippen molar-refractivity contribution in [3.05, 3.63) is 42.7 Å². The van der Waals surface area contributed by atoms with Gasteiger partial charge in [-0.1, -0.05) is 6.92 Å². The van der Waals surface area contributed by atoms with Gasteiger partial charge in [-0.2, -0.15) is 0 Å². The summed E-state index contributed by atoms with van der Waals surface area (Å²) in [5.41, 5.74) is 4.15. The number of fused-ring (bicyclic) bond motifs is 2. The largest absolute Gasteiger partial charge is 0.356 e. The molecule has 0 aliphatic heterocycles. The summed E-state index contributed by atoms with van der Waals surface area (Å²) < 4.78 is 3.84. The van der Waals surface area contributed by atoms with Gasteiger partial charge in [0.25, 0.3) is 0 Å². The molecule has 0 aliphatic carbocycles.